The van der Waals surface area contributed by atoms with Gasteiger partial charge in [0.05, 0.1) is 13.1 Å². The number of hydrogen-bond donors (Lipinski definition) is 2. The normalized spacial score (nSPS) is 16.7. The quantitative estimate of drug-likeness (QED) is 0.540. The maximum Gasteiger partial charge on any atom is 0.110 e. The van der Waals surface area contributed by atoms with Gasteiger partial charge in [-0.05, 0) is 13.0 Å². The lowest BCUT2D eigenvalue weighted by molar-refractivity contribution is 0.735. The summed E-state index contributed by atoms with van der Waals surface area (Å²) in [5.41, 5.74) is 0. The Balaban J connectivity index is 2.01. The first-order valence-corrected chi connectivity index (χ1v) is 3.91. The van der Waals surface area contributed by atoms with E-state index in [4.69, 9.17) is 0 Å². The predicted octanol–water partition coefficient (Wildman–Crippen LogP) is -0.0123. The highest BCUT2D eigenvalue weighted by molar-refractivity contribution is 5.85. The first-order chi connectivity index (χ1) is 4.93. The van der Waals surface area contributed by atoms with Crippen molar-refractivity contribution in [2.45, 2.75) is 13.3 Å². The molecule has 0 aromatic rings. The Morgan fingerprint density at radius 2 is 2.60 bits per heavy atom. The molecule has 0 bridgehead atoms. The third-order valence-corrected chi connectivity index (χ3v) is 1.46. The molecule has 0 amide bonds. The molecule has 0 unspecified atom stereocenters. The van der Waals surface area contributed by atoms with E-state index in [-0.39, 0.29) is 0 Å². The van der Waals surface area contributed by atoms with E-state index in [0.717, 1.165) is 32.0 Å². The minimum atomic E-state index is 0.911. The Morgan fingerprint density at radius 3 is 3.20 bits per heavy atom. The summed E-state index contributed by atoms with van der Waals surface area (Å²) in [5, 5.41) is 6.49. The highest BCUT2D eigenvalue weighted by Gasteiger charge is 2.01. The lowest BCUT2D eigenvalue weighted by Gasteiger charge is -2.02. The van der Waals surface area contributed by atoms with Crippen molar-refractivity contribution in [1.82, 2.24) is 10.6 Å². The first kappa shape index (κ1) is 7.54. The summed E-state index contributed by atoms with van der Waals surface area (Å²) in [7, 11) is 0. The molecule has 0 aromatic carbocycles. The molecule has 0 fully saturated rings. The van der Waals surface area contributed by atoms with E-state index in [0.29, 0.717) is 0 Å². The zero-order chi connectivity index (χ0) is 7.23. The number of aliphatic imine (C=N–C) groups is 1. The maximum absolute atomic E-state index is 4.25. The molecule has 1 heterocycles. The smallest absolute Gasteiger partial charge is 0.110 e. The molecule has 3 nitrogen and oxygen atoms in total. The topological polar surface area (TPSA) is 36.4 Å². The van der Waals surface area contributed by atoms with Gasteiger partial charge in [0.2, 0.25) is 0 Å². The summed E-state index contributed by atoms with van der Waals surface area (Å²) in [6, 6.07) is 0. The van der Waals surface area contributed by atoms with Gasteiger partial charge < -0.3 is 10.6 Å². The molecule has 1 aliphatic rings. The molecule has 0 spiro atoms. The second-order valence-corrected chi connectivity index (χ2v) is 2.43. The van der Waals surface area contributed by atoms with Crippen LogP contribution in [0, 0.1) is 0 Å². The number of nitrogens with zero attached hydrogens (tertiary/aromatic N) is 1. The lowest BCUT2D eigenvalue weighted by Crippen LogP contribution is -2.31. The number of rotatable bonds is 4. The van der Waals surface area contributed by atoms with Crippen molar-refractivity contribution in [2.24, 2.45) is 4.99 Å². The van der Waals surface area contributed by atoms with Crippen molar-refractivity contribution < 1.29 is 0 Å². The van der Waals surface area contributed by atoms with Gasteiger partial charge in [-0.2, -0.15) is 0 Å². The van der Waals surface area contributed by atoms with E-state index in [1.807, 2.05) is 0 Å². The molecule has 58 valence electrons. The predicted molar refractivity (Wildman–Crippen MR) is 43.5 cm³/mol. The van der Waals surface area contributed by atoms with Crippen molar-refractivity contribution in [3.05, 3.63) is 0 Å². The highest BCUT2D eigenvalue weighted by atomic mass is 15.1. The fourth-order valence-corrected chi connectivity index (χ4v) is 0.949. The summed E-state index contributed by atoms with van der Waals surface area (Å²) in [6.07, 6.45) is 1.19. The maximum atomic E-state index is 4.25. The highest BCUT2D eigenvalue weighted by Crippen LogP contribution is 1.82. The van der Waals surface area contributed by atoms with Crippen LogP contribution in [0.3, 0.4) is 0 Å². The lowest BCUT2D eigenvalue weighted by atomic mass is 10.4. The SMILES string of the molecule is CCCNCC1=NCCN1. The van der Waals surface area contributed by atoms with Crippen LogP contribution in [0.2, 0.25) is 0 Å². The average molecular weight is 141 g/mol. The number of nitrogens with one attached hydrogen (secondary N) is 2. The fourth-order valence-electron chi connectivity index (χ4n) is 0.949. The van der Waals surface area contributed by atoms with Crippen LogP contribution in [-0.2, 0) is 0 Å². The van der Waals surface area contributed by atoms with Gasteiger partial charge >= 0.3 is 0 Å². The summed E-state index contributed by atoms with van der Waals surface area (Å²) in [4.78, 5) is 4.25. The molecular formula is C7H15N3. The summed E-state index contributed by atoms with van der Waals surface area (Å²) in [5.74, 6) is 1.12. The van der Waals surface area contributed by atoms with Crippen LogP contribution in [0.1, 0.15) is 13.3 Å². The molecule has 0 aromatic heterocycles. The van der Waals surface area contributed by atoms with E-state index in [1.54, 1.807) is 0 Å². The molecule has 0 saturated heterocycles. The van der Waals surface area contributed by atoms with Crippen molar-refractivity contribution in [3.8, 4) is 0 Å². The monoisotopic (exact) mass is 141 g/mol. The van der Waals surface area contributed by atoms with Gasteiger partial charge in [0.1, 0.15) is 5.84 Å². The van der Waals surface area contributed by atoms with Crippen LogP contribution >= 0.6 is 0 Å². The van der Waals surface area contributed by atoms with Crippen molar-refractivity contribution >= 4 is 5.84 Å². The van der Waals surface area contributed by atoms with E-state index in [9.17, 15) is 0 Å². The molecular weight excluding hydrogens is 126 g/mol. The van der Waals surface area contributed by atoms with Gasteiger partial charge in [-0.1, -0.05) is 6.92 Å². The second-order valence-electron chi connectivity index (χ2n) is 2.43. The van der Waals surface area contributed by atoms with E-state index < -0.39 is 0 Å². The van der Waals surface area contributed by atoms with Gasteiger partial charge in [-0.25, -0.2) is 0 Å². The Hall–Kier alpha value is -0.570. The van der Waals surface area contributed by atoms with Gasteiger partial charge in [0.15, 0.2) is 0 Å². The van der Waals surface area contributed by atoms with Gasteiger partial charge in [0, 0.05) is 6.54 Å². The van der Waals surface area contributed by atoms with Crippen LogP contribution in [-0.4, -0.2) is 32.0 Å². The second kappa shape index (κ2) is 4.28. The number of amidine groups is 1. The number of hydrogen-bond acceptors (Lipinski definition) is 3. The Morgan fingerprint density at radius 1 is 1.70 bits per heavy atom. The average Bonchev–Trinajstić information content (AvgIpc) is 2.41. The minimum absolute atomic E-state index is 0.911. The minimum Gasteiger partial charge on any atom is -0.371 e. The Bertz CT molecular complexity index is 120. The summed E-state index contributed by atoms with van der Waals surface area (Å²) >= 11 is 0. The third-order valence-electron chi connectivity index (χ3n) is 1.46. The molecule has 1 rings (SSSR count). The largest absolute Gasteiger partial charge is 0.371 e. The zero-order valence-corrected chi connectivity index (χ0v) is 6.48. The van der Waals surface area contributed by atoms with E-state index in [2.05, 4.69) is 22.5 Å². The van der Waals surface area contributed by atoms with Crippen molar-refractivity contribution in [1.29, 1.82) is 0 Å². The van der Waals surface area contributed by atoms with Crippen molar-refractivity contribution in [2.75, 3.05) is 26.2 Å². The van der Waals surface area contributed by atoms with Crippen LogP contribution in [0.25, 0.3) is 0 Å². The summed E-state index contributed by atoms with van der Waals surface area (Å²) < 4.78 is 0. The van der Waals surface area contributed by atoms with Gasteiger partial charge in [0.25, 0.3) is 0 Å². The third kappa shape index (κ3) is 2.35. The van der Waals surface area contributed by atoms with Crippen LogP contribution in [0.5, 0.6) is 0 Å². The molecule has 0 saturated carbocycles. The van der Waals surface area contributed by atoms with Crippen LogP contribution < -0.4 is 10.6 Å². The standard InChI is InChI=1S/C7H15N3/c1-2-3-8-6-7-9-4-5-10-7/h8H,2-6H2,1H3,(H,9,10). The van der Waals surface area contributed by atoms with Crippen molar-refractivity contribution in [3.63, 3.8) is 0 Å². The fraction of sp³-hybridized carbons (Fsp3) is 0.857. The Labute approximate surface area is 61.9 Å². The van der Waals surface area contributed by atoms with E-state index in [1.165, 1.54) is 6.42 Å². The van der Waals surface area contributed by atoms with E-state index >= 15 is 0 Å². The van der Waals surface area contributed by atoms with Crippen LogP contribution in [0.4, 0.5) is 0 Å². The molecule has 2 N–H and O–H groups in total. The molecule has 1 aliphatic heterocycles. The summed E-state index contributed by atoms with van der Waals surface area (Å²) in [6.45, 7) is 6.12. The molecule has 0 atom stereocenters. The molecule has 0 radical (unpaired) electrons. The van der Waals surface area contributed by atoms with Gasteiger partial charge in [-0.15, -0.1) is 0 Å². The van der Waals surface area contributed by atoms with Crippen LogP contribution in [0.15, 0.2) is 4.99 Å². The van der Waals surface area contributed by atoms with Gasteiger partial charge in [-0.3, -0.25) is 4.99 Å². The Kier molecular flexibility index (Phi) is 3.22. The zero-order valence-electron chi connectivity index (χ0n) is 6.48. The molecule has 3 heteroatoms. The molecule has 0 aliphatic carbocycles. The first-order valence-electron chi connectivity index (χ1n) is 3.91. The molecule has 10 heavy (non-hydrogen) atoms.